The first-order valence-corrected chi connectivity index (χ1v) is 9.12. The molecule has 4 atom stereocenters. The van der Waals surface area contributed by atoms with Crippen LogP contribution < -0.4 is 0 Å². The van der Waals surface area contributed by atoms with Crippen LogP contribution in [0.5, 0.6) is 0 Å². The molecule has 0 spiro atoms. The van der Waals surface area contributed by atoms with Gasteiger partial charge in [0, 0.05) is 11.8 Å². The van der Waals surface area contributed by atoms with Gasteiger partial charge in [-0.25, -0.2) is 0 Å². The summed E-state index contributed by atoms with van der Waals surface area (Å²) in [4.78, 5) is 24.0. The molecule has 0 aromatic carbocycles. The summed E-state index contributed by atoms with van der Waals surface area (Å²) in [6, 6.07) is 0. The van der Waals surface area contributed by atoms with Gasteiger partial charge in [-0.3, -0.25) is 9.59 Å². The number of carbonyl (C=O) groups is 2. The predicted molar refractivity (Wildman–Crippen MR) is 92.3 cm³/mol. The van der Waals surface area contributed by atoms with Crippen molar-refractivity contribution in [2.75, 3.05) is 0 Å². The maximum absolute atomic E-state index is 12.2. The quantitative estimate of drug-likeness (QED) is 0.800. The third-order valence-corrected chi connectivity index (χ3v) is 7.63. The minimum atomic E-state index is -1.21. The average molecular weight is 326 g/mol. The fourth-order valence-corrected chi connectivity index (χ4v) is 5.90. The summed E-state index contributed by atoms with van der Waals surface area (Å²) in [5.41, 5.74) is 2.14. The highest BCUT2D eigenvalue weighted by molar-refractivity contribution is 5.92. The molecule has 3 heteroatoms. The molecule has 4 aliphatic rings. The van der Waals surface area contributed by atoms with E-state index in [2.05, 4.69) is 26.0 Å². The summed E-state index contributed by atoms with van der Waals surface area (Å²) in [7, 11) is 0. The first-order chi connectivity index (χ1) is 11.2. The van der Waals surface area contributed by atoms with Crippen LogP contribution in [0.25, 0.3) is 0 Å². The van der Waals surface area contributed by atoms with Gasteiger partial charge in [-0.2, -0.15) is 0 Å². The summed E-state index contributed by atoms with van der Waals surface area (Å²) in [6.07, 6.45) is 10.8. The number of aliphatic hydroxyl groups is 1. The molecule has 0 aromatic rings. The van der Waals surface area contributed by atoms with Crippen molar-refractivity contribution in [2.24, 2.45) is 16.7 Å². The van der Waals surface area contributed by atoms with Crippen molar-refractivity contribution in [1.29, 1.82) is 0 Å². The monoisotopic (exact) mass is 326 g/mol. The number of fused-ring (bicyclic) bond motifs is 4. The number of ketones is 2. The third-order valence-electron chi connectivity index (χ3n) is 7.63. The lowest BCUT2D eigenvalue weighted by molar-refractivity contribution is -0.145. The van der Waals surface area contributed by atoms with E-state index in [0.717, 1.165) is 31.3 Å². The Morgan fingerprint density at radius 1 is 1.17 bits per heavy atom. The summed E-state index contributed by atoms with van der Waals surface area (Å²) < 4.78 is 0. The van der Waals surface area contributed by atoms with E-state index in [-0.39, 0.29) is 17.0 Å². The van der Waals surface area contributed by atoms with Gasteiger partial charge in [0.1, 0.15) is 5.60 Å². The van der Waals surface area contributed by atoms with E-state index in [1.54, 1.807) is 0 Å². The Bertz CT molecular complexity index is 740. The van der Waals surface area contributed by atoms with Crippen LogP contribution in [0, 0.1) is 16.7 Å². The summed E-state index contributed by atoms with van der Waals surface area (Å²) in [5.74, 6) is 0.531. The fourth-order valence-electron chi connectivity index (χ4n) is 5.90. The number of hydrogen-bond donors (Lipinski definition) is 1. The zero-order valence-electron chi connectivity index (χ0n) is 14.8. The van der Waals surface area contributed by atoms with Crippen LogP contribution in [0.4, 0.5) is 0 Å². The number of hydrogen-bond acceptors (Lipinski definition) is 3. The standard InChI is InChI=1S/C21H26O3/c1-13(22)21(24)11-8-18-16-5-4-14-12-15(23)6-9-19(14,2)17(16)7-10-20(18,21)3/h4-5,12,17,24H,6-11H2,1-3H3/t17-,19-,20-,21-/m0/s1. The molecule has 24 heavy (non-hydrogen) atoms. The smallest absolute Gasteiger partial charge is 0.162 e. The van der Waals surface area contributed by atoms with Crippen molar-refractivity contribution in [3.63, 3.8) is 0 Å². The minimum Gasteiger partial charge on any atom is -0.381 e. The van der Waals surface area contributed by atoms with E-state index in [0.29, 0.717) is 18.8 Å². The van der Waals surface area contributed by atoms with Gasteiger partial charge in [0.15, 0.2) is 11.6 Å². The molecule has 0 radical (unpaired) electrons. The highest BCUT2D eigenvalue weighted by atomic mass is 16.3. The Kier molecular flexibility index (Phi) is 3.19. The Labute approximate surface area is 143 Å². The lowest BCUT2D eigenvalue weighted by Gasteiger charge is -2.51. The number of Topliss-reactive ketones (excluding diaryl/α,β-unsaturated/α-hetero) is 1. The lowest BCUT2D eigenvalue weighted by atomic mass is 9.53. The van der Waals surface area contributed by atoms with E-state index >= 15 is 0 Å². The molecular weight excluding hydrogens is 300 g/mol. The van der Waals surface area contributed by atoms with Crippen LogP contribution >= 0.6 is 0 Å². The molecule has 3 nitrogen and oxygen atoms in total. The van der Waals surface area contributed by atoms with E-state index in [4.69, 9.17) is 0 Å². The topological polar surface area (TPSA) is 54.4 Å². The highest BCUT2D eigenvalue weighted by Crippen LogP contribution is 2.63. The van der Waals surface area contributed by atoms with E-state index in [1.165, 1.54) is 18.1 Å². The lowest BCUT2D eigenvalue weighted by Crippen LogP contribution is -2.51. The predicted octanol–water partition coefficient (Wildman–Crippen LogP) is 3.68. The molecule has 0 aromatic heterocycles. The Morgan fingerprint density at radius 2 is 1.92 bits per heavy atom. The minimum absolute atomic E-state index is 0.0171. The van der Waals surface area contributed by atoms with Gasteiger partial charge in [0.25, 0.3) is 0 Å². The summed E-state index contributed by atoms with van der Waals surface area (Å²) in [5, 5.41) is 11.1. The first-order valence-electron chi connectivity index (χ1n) is 9.12. The molecule has 4 rings (SSSR count). The van der Waals surface area contributed by atoms with E-state index in [9.17, 15) is 14.7 Å². The van der Waals surface area contributed by atoms with E-state index < -0.39 is 11.0 Å². The molecule has 0 aliphatic heterocycles. The van der Waals surface area contributed by atoms with Crippen LogP contribution in [0.3, 0.4) is 0 Å². The maximum Gasteiger partial charge on any atom is 0.162 e. The van der Waals surface area contributed by atoms with Crippen molar-refractivity contribution >= 4 is 11.6 Å². The Morgan fingerprint density at radius 3 is 2.62 bits per heavy atom. The molecule has 0 bridgehead atoms. The highest BCUT2D eigenvalue weighted by Gasteiger charge is 2.60. The number of rotatable bonds is 1. The van der Waals surface area contributed by atoms with Crippen LogP contribution in [0.15, 0.2) is 34.9 Å². The van der Waals surface area contributed by atoms with Gasteiger partial charge in [0.2, 0.25) is 0 Å². The average Bonchev–Trinajstić information content (AvgIpc) is 2.81. The zero-order valence-corrected chi connectivity index (χ0v) is 14.8. The largest absolute Gasteiger partial charge is 0.381 e. The summed E-state index contributed by atoms with van der Waals surface area (Å²) in [6.45, 7) is 5.89. The summed E-state index contributed by atoms with van der Waals surface area (Å²) >= 11 is 0. The van der Waals surface area contributed by atoms with Crippen LogP contribution in [-0.4, -0.2) is 22.3 Å². The molecule has 0 amide bonds. The molecule has 0 unspecified atom stereocenters. The van der Waals surface area contributed by atoms with Crippen LogP contribution in [0.1, 0.15) is 59.3 Å². The zero-order chi connectivity index (χ0) is 17.3. The van der Waals surface area contributed by atoms with Gasteiger partial charge in [-0.05, 0) is 67.6 Å². The van der Waals surface area contributed by atoms with Crippen molar-refractivity contribution < 1.29 is 14.7 Å². The van der Waals surface area contributed by atoms with Gasteiger partial charge < -0.3 is 5.11 Å². The van der Waals surface area contributed by atoms with Crippen molar-refractivity contribution in [2.45, 2.75) is 64.9 Å². The van der Waals surface area contributed by atoms with Gasteiger partial charge >= 0.3 is 0 Å². The third kappa shape index (κ3) is 1.77. The molecular formula is C21H26O3. The van der Waals surface area contributed by atoms with Crippen molar-refractivity contribution in [3.05, 3.63) is 34.9 Å². The van der Waals surface area contributed by atoms with E-state index in [1.807, 2.05) is 6.08 Å². The van der Waals surface area contributed by atoms with Gasteiger partial charge in [-0.15, -0.1) is 0 Å². The molecule has 4 aliphatic carbocycles. The second kappa shape index (κ2) is 4.78. The molecule has 0 saturated heterocycles. The molecule has 1 N–H and O–H groups in total. The SMILES string of the molecule is CC(=O)[C@@]1(O)CCC2=C3C=CC4=CC(=O)CC[C@]4(C)[C@H]3CC[C@@]21C. The first kappa shape index (κ1) is 16.0. The Hall–Kier alpha value is -1.48. The second-order valence-electron chi connectivity index (χ2n) is 8.59. The van der Waals surface area contributed by atoms with Crippen molar-refractivity contribution in [1.82, 2.24) is 0 Å². The fraction of sp³-hybridized carbons (Fsp3) is 0.619. The van der Waals surface area contributed by atoms with Crippen molar-refractivity contribution in [3.8, 4) is 0 Å². The van der Waals surface area contributed by atoms with Crippen LogP contribution in [0.2, 0.25) is 0 Å². The van der Waals surface area contributed by atoms with Crippen LogP contribution in [-0.2, 0) is 9.59 Å². The second-order valence-corrected chi connectivity index (χ2v) is 8.59. The molecule has 128 valence electrons. The number of carbonyl (C=O) groups excluding carboxylic acids is 2. The van der Waals surface area contributed by atoms with Gasteiger partial charge in [-0.1, -0.05) is 31.6 Å². The maximum atomic E-state index is 12.2. The molecule has 1 saturated carbocycles. The molecule has 0 heterocycles. The normalized spacial score (nSPS) is 43.9. The Balaban J connectivity index is 1.87. The number of allylic oxidation sites excluding steroid dienone is 5. The molecule has 1 fully saturated rings. The van der Waals surface area contributed by atoms with Gasteiger partial charge in [0.05, 0.1) is 0 Å².